The van der Waals surface area contributed by atoms with E-state index in [1.54, 1.807) is 6.07 Å². The zero-order valence-corrected chi connectivity index (χ0v) is 12.7. The number of likely N-dealkylation sites (N-methyl/N-ethyl adjacent to an activating group) is 1. The maximum absolute atomic E-state index is 14.1. The van der Waals surface area contributed by atoms with Gasteiger partial charge in [-0.3, -0.25) is 0 Å². The molecular weight excluding hydrogens is 281 g/mol. The topological polar surface area (TPSA) is 21.7 Å². The maximum Gasteiger partial charge on any atom is 0.165 e. The van der Waals surface area contributed by atoms with E-state index in [1.807, 2.05) is 55.4 Å². The predicted molar refractivity (Wildman–Crippen MR) is 85.9 cm³/mol. The summed E-state index contributed by atoms with van der Waals surface area (Å²) < 4.78 is 25.7. The van der Waals surface area contributed by atoms with E-state index in [9.17, 15) is 4.39 Å². The SMILES string of the molecule is CN(C)CCOc1c(F)ccc2c1C=Cc1ccccc1O2. The zero-order valence-electron chi connectivity index (χ0n) is 12.7. The molecular formula is C18H18FNO2. The molecule has 4 heteroatoms. The molecule has 1 aliphatic rings. The minimum absolute atomic E-state index is 0.239. The molecule has 0 atom stereocenters. The molecule has 0 spiro atoms. The van der Waals surface area contributed by atoms with Crippen molar-refractivity contribution in [3.63, 3.8) is 0 Å². The summed E-state index contributed by atoms with van der Waals surface area (Å²) in [5.41, 5.74) is 1.59. The van der Waals surface area contributed by atoms with Gasteiger partial charge in [0, 0.05) is 12.1 Å². The van der Waals surface area contributed by atoms with E-state index in [0.717, 1.165) is 11.3 Å². The quantitative estimate of drug-likeness (QED) is 0.725. The lowest BCUT2D eigenvalue weighted by molar-refractivity contribution is 0.251. The molecule has 2 aromatic carbocycles. The lowest BCUT2D eigenvalue weighted by Crippen LogP contribution is -2.20. The lowest BCUT2D eigenvalue weighted by atomic mass is 10.1. The number of para-hydroxylation sites is 1. The summed E-state index contributed by atoms with van der Waals surface area (Å²) in [6.45, 7) is 1.13. The molecule has 3 nitrogen and oxygen atoms in total. The smallest absolute Gasteiger partial charge is 0.165 e. The summed E-state index contributed by atoms with van der Waals surface area (Å²) in [5.74, 6) is 1.21. The van der Waals surface area contributed by atoms with Crippen LogP contribution in [-0.2, 0) is 0 Å². The van der Waals surface area contributed by atoms with Gasteiger partial charge >= 0.3 is 0 Å². The van der Waals surface area contributed by atoms with E-state index in [0.29, 0.717) is 24.5 Å². The highest BCUT2D eigenvalue weighted by Crippen LogP contribution is 2.39. The highest BCUT2D eigenvalue weighted by Gasteiger charge is 2.18. The van der Waals surface area contributed by atoms with Gasteiger partial charge in [-0.05, 0) is 38.4 Å². The van der Waals surface area contributed by atoms with Crippen LogP contribution in [0.3, 0.4) is 0 Å². The average molecular weight is 299 g/mol. The highest BCUT2D eigenvalue weighted by atomic mass is 19.1. The van der Waals surface area contributed by atoms with Crippen molar-refractivity contribution < 1.29 is 13.9 Å². The van der Waals surface area contributed by atoms with Gasteiger partial charge in [0.25, 0.3) is 0 Å². The molecule has 0 fully saturated rings. The Bertz CT molecular complexity index is 710. The van der Waals surface area contributed by atoms with Crippen LogP contribution >= 0.6 is 0 Å². The average Bonchev–Trinajstić information content (AvgIpc) is 2.68. The van der Waals surface area contributed by atoms with Crippen molar-refractivity contribution >= 4 is 12.2 Å². The minimum Gasteiger partial charge on any atom is -0.488 e. The van der Waals surface area contributed by atoms with Crippen molar-refractivity contribution in [1.82, 2.24) is 4.90 Å². The van der Waals surface area contributed by atoms with Gasteiger partial charge in [0.05, 0.1) is 5.56 Å². The standard InChI is InChI=1S/C18H18FNO2/c1-20(2)11-12-21-18-14-8-7-13-5-3-4-6-16(13)22-17(14)10-9-15(18)19/h3-10H,11-12H2,1-2H3. The van der Waals surface area contributed by atoms with E-state index in [-0.39, 0.29) is 11.6 Å². The molecule has 0 saturated carbocycles. The van der Waals surface area contributed by atoms with Gasteiger partial charge in [0.15, 0.2) is 11.6 Å². The van der Waals surface area contributed by atoms with Crippen molar-refractivity contribution in [3.8, 4) is 17.2 Å². The van der Waals surface area contributed by atoms with Crippen LogP contribution in [0, 0.1) is 5.82 Å². The summed E-state index contributed by atoms with van der Waals surface area (Å²) in [4.78, 5) is 1.99. The summed E-state index contributed by atoms with van der Waals surface area (Å²) in [7, 11) is 3.90. The number of rotatable bonds is 4. The number of ether oxygens (including phenoxy) is 2. The van der Waals surface area contributed by atoms with Crippen LogP contribution in [-0.4, -0.2) is 32.1 Å². The Labute approximate surface area is 129 Å². The Morgan fingerprint density at radius 2 is 1.86 bits per heavy atom. The Balaban J connectivity index is 1.95. The monoisotopic (exact) mass is 299 g/mol. The minimum atomic E-state index is -0.378. The Morgan fingerprint density at radius 1 is 1.05 bits per heavy atom. The second-order valence-electron chi connectivity index (χ2n) is 5.41. The summed E-state index contributed by atoms with van der Waals surface area (Å²) >= 11 is 0. The third-order valence-corrected chi connectivity index (χ3v) is 3.46. The molecule has 0 amide bonds. The van der Waals surface area contributed by atoms with Gasteiger partial charge in [-0.2, -0.15) is 0 Å². The third kappa shape index (κ3) is 2.97. The van der Waals surface area contributed by atoms with Gasteiger partial charge in [-0.15, -0.1) is 0 Å². The van der Waals surface area contributed by atoms with Gasteiger partial charge in [-0.25, -0.2) is 4.39 Å². The van der Waals surface area contributed by atoms with Gasteiger partial charge in [0.2, 0.25) is 0 Å². The normalized spacial score (nSPS) is 12.4. The van der Waals surface area contributed by atoms with Crippen molar-refractivity contribution in [2.75, 3.05) is 27.2 Å². The molecule has 0 N–H and O–H groups in total. The molecule has 1 heterocycles. The lowest BCUT2D eigenvalue weighted by Gasteiger charge is -2.15. The molecule has 0 aliphatic carbocycles. The first-order valence-corrected chi connectivity index (χ1v) is 7.20. The maximum atomic E-state index is 14.1. The summed E-state index contributed by atoms with van der Waals surface area (Å²) in [6.07, 6.45) is 3.76. The molecule has 2 aromatic rings. The van der Waals surface area contributed by atoms with Gasteiger partial charge in [0.1, 0.15) is 18.1 Å². The number of nitrogens with zero attached hydrogens (tertiary/aromatic N) is 1. The molecule has 0 saturated heterocycles. The predicted octanol–water partition coefficient (Wildman–Crippen LogP) is 4.04. The van der Waals surface area contributed by atoms with Crippen molar-refractivity contribution in [1.29, 1.82) is 0 Å². The van der Waals surface area contributed by atoms with Crippen molar-refractivity contribution in [2.45, 2.75) is 0 Å². The largest absolute Gasteiger partial charge is 0.488 e. The van der Waals surface area contributed by atoms with Crippen LogP contribution in [0.1, 0.15) is 11.1 Å². The molecule has 1 aliphatic heterocycles. The van der Waals surface area contributed by atoms with Crippen LogP contribution in [0.15, 0.2) is 36.4 Å². The molecule has 114 valence electrons. The van der Waals surface area contributed by atoms with Crippen LogP contribution in [0.5, 0.6) is 17.2 Å². The molecule has 0 unspecified atom stereocenters. The number of fused-ring (bicyclic) bond motifs is 2. The first-order chi connectivity index (χ1) is 10.6. The fourth-order valence-corrected chi connectivity index (χ4v) is 2.28. The van der Waals surface area contributed by atoms with E-state index in [4.69, 9.17) is 9.47 Å². The van der Waals surface area contributed by atoms with Crippen LogP contribution < -0.4 is 9.47 Å². The van der Waals surface area contributed by atoms with Crippen LogP contribution in [0.4, 0.5) is 4.39 Å². The molecule has 0 radical (unpaired) electrons. The second-order valence-corrected chi connectivity index (χ2v) is 5.41. The van der Waals surface area contributed by atoms with E-state index >= 15 is 0 Å². The Hall–Kier alpha value is -2.33. The summed E-state index contributed by atoms with van der Waals surface area (Å²) in [5, 5.41) is 0. The third-order valence-electron chi connectivity index (χ3n) is 3.46. The Morgan fingerprint density at radius 3 is 2.68 bits per heavy atom. The fourth-order valence-electron chi connectivity index (χ4n) is 2.28. The first kappa shape index (κ1) is 14.6. The zero-order chi connectivity index (χ0) is 15.5. The fraction of sp³-hybridized carbons (Fsp3) is 0.222. The van der Waals surface area contributed by atoms with Crippen LogP contribution in [0.2, 0.25) is 0 Å². The highest BCUT2D eigenvalue weighted by molar-refractivity contribution is 5.80. The van der Waals surface area contributed by atoms with Crippen molar-refractivity contribution in [3.05, 3.63) is 53.3 Å². The summed E-state index contributed by atoms with van der Waals surface area (Å²) in [6, 6.07) is 10.7. The number of halogens is 1. The molecule has 3 rings (SSSR count). The number of benzene rings is 2. The van der Waals surface area contributed by atoms with E-state index in [2.05, 4.69) is 0 Å². The van der Waals surface area contributed by atoms with E-state index in [1.165, 1.54) is 6.07 Å². The van der Waals surface area contributed by atoms with E-state index < -0.39 is 0 Å². The molecule has 0 aromatic heterocycles. The first-order valence-electron chi connectivity index (χ1n) is 7.20. The molecule has 0 bridgehead atoms. The Kier molecular flexibility index (Phi) is 4.11. The molecule has 22 heavy (non-hydrogen) atoms. The van der Waals surface area contributed by atoms with Gasteiger partial charge in [-0.1, -0.05) is 24.3 Å². The number of hydrogen-bond donors (Lipinski definition) is 0. The van der Waals surface area contributed by atoms with Gasteiger partial charge < -0.3 is 14.4 Å². The number of hydrogen-bond acceptors (Lipinski definition) is 3. The van der Waals surface area contributed by atoms with Crippen molar-refractivity contribution in [2.24, 2.45) is 0 Å². The van der Waals surface area contributed by atoms with Crippen LogP contribution in [0.25, 0.3) is 12.2 Å². The second kappa shape index (κ2) is 6.20.